The van der Waals surface area contributed by atoms with E-state index in [0.717, 1.165) is 60.2 Å². The monoisotopic (exact) mass is 481 g/mol. The summed E-state index contributed by atoms with van der Waals surface area (Å²) in [6.07, 6.45) is 12.4. The zero-order chi connectivity index (χ0) is 24.2. The summed E-state index contributed by atoms with van der Waals surface area (Å²) in [5.74, 6) is 1.91. The van der Waals surface area contributed by atoms with Crippen LogP contribution in [-0.2, 0) is 6.42 Å². The van der Waals surface area contributed by atoms with E-state index >= 15 is 0 Å². The Morgan fingerprint density at radius 2 is 1.88 bits per heavy atom. The zero-order valence-electron chi connectivity index (χ0n) is 20.5. The highest BCUT2D eigenvalue weighted by molar-refractivity contribution is 6.31. The van der Waals surface area contributed by atoms with Gasteiger partial charge in [-0.1, -0.05) is 50.6 Å². The van der Waals surface area contributed by atoms with Crippen molar-refractivity contribution in [2.45, 2.75) is 64.7 Å². The molecular weight excluding hydrogens is 446 g/mol. The lowest BCUT2D eigenvalue weighted by molar-refractivity contribution is 0.500. The van der Waals surface area contributed by atoms with Gasteiger partial charge in [0.1, 0.15) is 11.6 Å². The van der Waals surface area contributed by atoms with Gasteiger partial charge in [-0.25, -0.2) is 0 Å². The number of anilines is 2. The van der Waals surface area contributed by atoms with E-state index in [1.54, 1.807) is 4.68 Å². The molecule has 3 aromatic rings. The van der Waals surface area contributed by atoms with Crippen LogP contribution in [0.3, 0.4) is 0 Å². The lowest BCUT2D eigenvalue weighted by Crippen LogP contribution is -2.13. The first-order valence-electron chi connectivity index (χ1n) is 12.3. The molecule has 4 rings (SSSR count). The smallest absolute Gasteiger partial charge is 0.255 e. The number of hydrogen-bond donors (Lipinski definition) is 2. The van der Waals surface area contributed by atoms with Crippen LogP contribution in [0.2, 0.25) is 5.02 Å². The van der Waals surface area contributed by atoms with Crippen molar-refractivity contribution >= 4 is 39.7 Å². The summed E-state index contributed by atoms with van der Waals surface area (Å²) in [4.78, 5) is 11.3. The van der Waals surface area contributed by atoms with Gasteiger partial charge in [0.25, 0.3) is 5.95 Å². The van der Waals surface area contributed by atoms with Gasteiger partial charge in [-0.05, 0) is 55.4 Å². The fourth-order valence-corrected chi connectivity index (χ4v) is 5.14. The third-order valence-electron chi connectivity index (χ3n) is 6.66. The van der Waals surface area contributed by atoms with Gasteiger partial charge < -0.3 is 16.4 Å². The minimum Gasteiger partial charge on any atom is -0.383 e. The fraction of sp³-hybridized carbons (Fsp3) is 0.500. The maximum Gasteiger partial charge on any atom is 0.255 e. The molecule has 0 radical (unpaired) electrons. The standard InChI is InChI=1S/C26H36ClN7/c1-4-5-10-18(16-33(2)3)23-24(28)30-26(31-25(23)29)34-22-14-12-19(27)15-20(22)21(32-34)13-11-17-8-6-7-9-17/h12,14-17H,4-11,13H2,1-3H3,(H4,28,29,30,31). The number of rotatable bonds is 9. The van der Waals surface area contributed by atoms with Crippen LogP contribution in [0.5, 0.6) is 0 Å². The van der Waals surface area contributed by atoms with Gasteiger partial charge in [0.2, 0.25) is 0 Å². The average Bonchev–Trinajstić information content (AvgIpc) is 3.42. The van der Waals surface area contributed by atoms with Crippen molar-refractivity contribution in [1.29, 1.82) is 0 Å². The molecule has 1 aromatic carbocycles. The predicted molar refractivity (Wildman–Crippen MR) is 142 cm³/mol. The molecule has 0 atom stereocenters. The van der Waals surface area contributed by atoms with Gasteiger partial charge in [-0.3, -0.25) is 0 Å². The molecule has 2 heterocycles. The van der Waals surface area contributed by atoms with E-state index in [0.29, 0.717) is 28.2 Å². The molecule has 0 bridgehead atoms. The van der Waals surface area contributed by atoms with Crippen LogP contribution in [0.25, 0.3) is 22.4 Å². The molecule has 0 unspecified atom stereocenters. The summed E-state index contributed by atoms with van der Waals surface area (Å²) >= 11 is 6.34. The number of allylic oxidation sites excluding steroid dienone is 1. The highest BCUT2D eigenvalue weighted by Crippen LogP contribution is 2.33. The number of fused-ring (bicyclic) bond motifs is 1. The number of aryl methyl sites for hydroxylation is 1. The minimum atomic E-state index is 0.372. The Morgan fingerprint density at radius 1 is 1.18 bits per heavy atom. The summed E-state index contributed by atoms with van der Waals surface area (Å²) in [6.45, 7) is 2.17. The molecule has 0 saturated heterocycles. The number of nitrogens with zero attached hydrogens (tertiary/aromatic N) is 5. The second-order valence-electron chi connectivity index (χ2n) is 9.60. The Morgan fingerprint density at radius 3 is 2.53 bits per heavy atom. The van der Waals surface area contributed by atoms with Crippen LogP contribution in [0.15, 0.2) is 24.4 Å². The van der Waals surface area contributed by atoms with Crippen molar-refractivity contribution in [3.05, 3.63) is 40.7 Å². The second kappa shape index (κ2) is 10.6. The van der Waals surface area contributed by atoms with Crippen molar-refractivity contribution in [3.63, 3.8) is 0 Å². The van der Waals surface area contributed by atoms with Gasteiger partial charge in [0, 0.05) is 30.7 Å². The minimum absolute atomic E-state index is 0.372. The largest absolute Gasteiger partial charge is 0.383 e. The molecule has 4 N–H and O–H groups in total. The number of hydrogen-bond acceptors (Lipinski definition) is 6. The van der Waals surface area contributed by atoms with Crippen LogP contribution in [0.1, 0.15) is 69.5 Å². The Labute approximate surface area is 207 Å². The summed E-state index contributed by atoms with van der Waals surface area (Å²) in [5.41, 5.74) is 16.6. The first-order valence-corrected chi connectivity index (χ1v) is 12.7. The summed E-state index contributed by atoms with van der Waals surface area (Å²) in [5, 5.41) is 6.64. The predicted octanol–water partition coefficient (Wildman–Crippen LogP) is 5.85. The number of aromatic nitrogens is 4. The maximum absolute atomic E-state index is 6.47. The van der Waals surface area contributed by atoms with E-state index in [1.165, 1.54) is 25.7 Å². The van der Waals surface area contributed by atoms with Crippen molar-refractivity contribution < 1.29 is 0 Å². The highest BCUT2D eigenvalue weighted by Gasteiger charge is 2.21. The molecule has 1 fully saturated rings. The molecule has 2 aromatic heterocycles. The van der Waals surface area contributed by atoms with Crippen molar-refractivity contribution in [3.8, 4) is 5.95 Å². The Balaban J connectivity index is 1.74. The van der Waals surface area contributed by atoms with Crippen LogP contribution in [0, 0.1) is 5.92 Å². The van der Waals surface area contributed by atoms with E-state index in [1.807, 2.05) is 43.4 Å². The number of nitrogens with two attached hydrogens (primary N) is 2. The average molecular weight is 482 g/mol. The van der Waals surface area contributed by atoms with E-state index in [9.17, 15) is 0 Å². The topological polar surface area (TPSA) is 98.9 Å². The second-order valence-corrected chi connectivity index (χ2v) is 10.0. The quantitative estimate of drug-likeness (QED) is 0.397. The van der Waals surface area contributed by atoms with Crippen molar-refractivity contribution in [1.82, 2.24) is 24.6 Å². The van der Waals surface area contributed by atoms with Gasteiger partial charge in [-0.2, -0.15) is 19.7 Å². The molecular formula is C26H36ClN7. The number of nitrogen functional groups attached to an aromatic ring is 2. The maximum atomic E-state index is 6.47. The van der Waals surface area contributed by atoms with Crippen molar-refractivity contribution in [2.24, 2.45) is 5.92 Å². The first-order chi connectivity index (χ1) is 16.4. The zero-order valence-corrected chi connectivity index (χ0v) is 21.3. The Bertz CT molecular complexity index is 1150. The SMILES string of the molecule is CCCCC(=CN(C)C)c1c(N)nc(-n2nc(CCC3CCCC3)c3cc(Cl)ccc32)nc1N. The fourth-order valence-electron chi connectivity index (χ4n) is 4.97. The van der Waals surface area contributed by atoms with E-state index in [-0.39, 0.29) is 0 Å². The number of halogens is 1. The molecule has 0 amide bonds. The van der Waals surface area contributed by atoms with Crippen LogP contribution >= 0.6 is 11.6 Å². The molecule has 182 valence electrons. The molecule has 1 aliphatic rings. The third kappa shape index (κ3) is 5.30. The van der Waals surface area contributed by atoms with Crippen molar-refractivity contribution in [2.75, 3.05) is 25.6 Å². The normalized spacial score (nSPS) is 14.9. The molecule has 0 spiro atoms. The van der Waals surface area contributed by atoms with Crippen LogP contribution in [-0.4, -0.2) is 38.7 Å². The summed E-state index contributed by atoms with van der Waals surface area (Å²) < 4.78 is 1.76. The molecule has 34 heavy (non-hydrogen) atoms. The van der Waals surface area contributed by atoms with E-state index < -0.39 is 0 Å². The Hall–Kier alpha value is -2.80. The van der Waals surface area contributed by atoms with Gasteiger partial charge >= 0.3 is 0 Å². The molecule has 1 aliphatic carbocycles. The first kappa shape index (κ1) is 24.3. The Kier molecular flexibility index (Phi) is 7.61. The van der Waals surface area contributed by atoms with E-state index in [2.05, 4.69) is 16.9 Å². The highest BCUT2D eigenvalue weighted by atomic mass is 35.5. The lowest BCUT2D eigenvalue weighted by atomic mass is 9.99. The summed E-state index contributed by atoms with van der Waals surface area (Å²) in [7, 11) is 3.98. The van der Waals surface area contributed by atoms with Crippen LogP contribution in [0.4, 0.5) is 11.6 Å². The summed E-state index contributed by atoms with van der Waals surface area (Å²) in [6, 6.07) is 5.81. The molecule has 0 aliphatic heterocycles. The van der Waals surface area contributed by atoms with Gasteiger partial charge in [-0.15, -0.1) is 0 Å². The number of benzene rings is 1. The number of unbranched alkanes of at least 4 members (excludes halogenated alkanes) is 1. The van der Waals surface area contributed by atoms with Crippen LogP contribution < -0.4 is 11.5 Å². The van der Waals surface area contributed by atoms with Gasteiger partial charge in [0.05, 0.1) is 16.8 Å². The molecule has 1 saturated carbocycles. The van der Waals surface area contributed by atoms with E-state index in [4.69, 9.17) is 28.2 Å². The molecule has 7 nitrogen and oxygen atoms in total. The lowest BCUT2D eigenvalue weighted by Gasteiger charge is -2.16. The molecule has 8 heteroatoms. The third-order valence-corrected chi connectivity index (χ3v) is 6.90. The van der Waals surface area contributed by atoms with Gasteiger partial charge in [0.15, 0.2) is 0 Å².